The maximum absolute atomic E-state index is 11.8. The molecule has 0 unspecified atom stereocenters. The zero-order chi connectivity index (χ0) is 12.4. The van der Waals surface area contributed by atoms with E-state index in [1.54, 1.807) is 24.3 Å². The number of nitrogens with zero attached hydrogens (tertiary/aromatic N) is 2. The summed E-state index contributed by atoms with van der Waals surface area (Å²) >= 11 is 5.12. The van der Waals surface area contributed by atoms with E-state index in [-0.39, 0.29) is 30.6 Å². The highest BCUT2D eigenvalue weighted by atomic mass is 35.5. The van der Waals surface area contributed by atoms with E-state index >= 15 is 0 Å². The number of carbonyl (C=O) groups is 2. The van der Waals surface area contributed by atoms with Crippen LogP contribution in [0, 0.1) is 0 Å². The first kappa shape index (κ1) is 14.6. The molecule has 2 N–H and O–H groups in total. The molecule has 0 spiro atoms. The van der Waals surface area contributed by atoms with Gasteiger partial charge in [-0.25, -0.2) is 4.90 Å². The van der Waals surface area contributed by atoms with Crippen molar-refractivity contribution >= 4 is 47.2 Å². The molecule has 5 nitrogen and oxygen atoms in total. The first-order chi connectivity index (χ1) is 8.16. The van der Waals surface area contributed by atoms with Gasteiger partial charge in [0.25, 0.3) is 0 Å². The fourth-order valence-corrected chi connectivity index (χ4v) is 2.00. The first-order valence-electron chi connectivity index (χ1n) is 5.12. The maximum atomic E-state index is 11.8. The average molecular weight is 286 g/mol. The van der Waals surface area contributed by atoms with Crippen LogP contribution < -0.4 is 10.6 Å². The molecule has 1 saturated heterocycles. The highest BCUT2D eigenvalue weighted by molar-refractivity contribution is 7.80. The van der Waals surface area contributed by atoms with Crippen LogP contribution in [0.3, 0.4) is 0 Å². The van der Waals surface area contributed by atoms with Crippen molar-refractivity contribution in [3.63, 3.8) is 0 Å². The second-order valence-electron chi connectivity index (χ2n) is 3.50. The van der Waals surface area contributed by atoms with Crippen LogP contribution in [0.4, 0.5) is 5.69 Å². The first-order valence-corrected chi connectivity index (χ1v) is 5.52. The van der Waals surface area contributed by atoms with Crippen molar-refractivity contribution in [3.8, 4) is 0 Å². The predicted octanol–water partition coefficient (Wildman–Crippen LogP) is 0.527. The average Bonchev–Trinajstić information content (AvgIpc) is 2.55. The summed E-state index contributed by atoms with van der Waals surface area (Å²) in [7, 11) is 0. The summed E-state index contributed by atoms with van der Waals surface area (Å²) in [5.41, 5.74) is 5.97. The maximum Gasteiger partial charge on any atom is 0.323 e. The third kappa shape index (κ3) is 2.35. The van der Waals surface area contributed by atoms with Gasteiger partial charge in [0.05, 0.1) is 5.69 Å². The Bertz CT molecular complexity index is 480. The zero-order valence-corrected chi connectivity index (χ0v) is 11.0. The molecule has 2 amide bonds. The van der Waals surface area contributed by atoms with Crippen LogP contribution in [-0.4, -0.2) is 34.9 Å². The predicted molar refractivity (Wildman–Crippen MR) is 74.5 cm³/mol. The lowest BCUT2D eigenvalue weighted by molar-refractivity contribution is -0.139. The molecule has 18 heavy (non-hydrogen) atoms. The topological polar surface area (TPSA) is 66.6 Å². The smallest absolute Gasteiger partial charge is 0.323 e. The molecule has 7 heteroatoms. The van der Waals surface area contributed by atoms with E-state index in [0.717, 1.165) is 0 Å². The zero-order valence-electron chi connectivity index (χ0n) is 9.41. The van der Waals surface area contributed by atoms with Gasteiger partial charge in [-0.05, 0) is 24.4 Å². The van der Waals surface area contributed by atoms with Gasteiger partial charge >= 0.3 is 11.8 Å². The molecule has 0 bridgehead atoms. The van der Waals surface area contributed by atoms with E-state index < -0.39 is 11.8 Å². The summed E-state index contributed by atoms with van der Waals surface area (Å²) in [6.07, 6.45) is 0. The minimum absolute atomic E-state index is 0. The Hall–Kier alpha value is -1.50. The van der Waals surface area contributed by atoms with Crippen molar-refractivity contribution in [1.82, 2.24) is 4.90 Å². The number of carbonyl (C=O) groups excluding carboxylic acids is 2. The molecule has 0 radical (unpaired) electrons. The summed E-state index contributed by atoms with van der Waals surface area (Å²) in [4.78, 5) is 25.9. The van der Waals surface area contributed by atoms with Gasteiger partial charge in [-0.1, -0.05) is 18.2 Å². The molecule has 0 atom stereocenters. The molecule has 1 heterocycles. The lowest BCUT2D eigenvalue weighted by Gasteiger charge is -2.17. The number of hydrogen-bond acceptors (Lipinski definition) is 4. The van der Waals surface area contributed by atoms with Gasteiger partial charge in [0.2, 0.25) is 0 Å². The Morgan fingerprint density at radius 1 is 1.11 bits per heavy atom. The van der Waals surface area contributed by atoms with Crippen LogP contribution in [0.5, 0.6) is 0 Å². The number of amides is 2. The largest absolute Gasteiger partial charge is 0.329 e. The molecular formula is C11H12ClN3O2S. The van der Waals surface area contributed by atoms with Crippen LogP contribution >= 0.6 is 24.6 Å². The van der Waals surface area contributed by atoms with E-state index in [1.807, 2.05) is 6.07 Å². The van der Waals surface area contributed by atoms with Crippen LogP contribution in [-0.2, 0) is 9.59 Å². The van der Waals surface area contributed by atoms with Crippen molar-refractivity contribution in [1.29, 1.82) is 0 Å². The SMILES string of the molecule is Cl.NCCN1C(=O)C(=O)N(c2ccccc2)C1=S. The van der Waals surface area contributed by atoms with E-state index in [2.05, 4.69) is 0 Å². The van der Waals surface area contributed by atoms with Gasteiger partial charge in [-0.2, -0.15) is 0 Å². The summed E-state index contributed by atoms with van der Waals surface area (Å²) < 4.78 is 0. The van der Waals surface area contributed by atoms with E-state index in [9.17, 15) is 9.59 Å². The molecule has 0 saturated carbocycles. The Kier molecular flexibility index (Phi) is 4.77. The second kappa shape index (κ2) is 5.90. The molecule has 0 aliphatic carbocycles. The molecule has 1 aromatic carbocycles. The number of benzene rings is 1. The minimum atomic E-state index is -0.630. The van der Waals surface area contributed by atoms with Crippen molar-refractivity contribution < 1.29 is 9.59 Å². The number of thiocarbonyl (C=S) groups is 1. The molecular weight excluding hydrogens is 274 g/mol. The fourth-order valence-electron chi connectivity index (χ4n) is 1.64. The fraction of sp³-hybridized carbons (Fsp3) is 0.182. The lowest BCUT2D eigenvalue weighted by Crippen LogP contribution is -2.36. The Morgan fingerprint density at radius 2 is 1.72 bits per heavy atom. The molecule has 1 aliphatic rings. The number of anilines is 1. The summed E-state index contributed by atoms with van der Waals surface area (Å²) in [5, 5.41) is 0.191. The monoisotopic (exact) mass is 285 g/mol. The number of rotatable bonds is 3. The number of hydrogen-bond donors (Lipinski definition) is 1. The number of halogens is 1. The van der Waals surface area contributed by atoms with Crippen LogP contribution in [0.1, 0.15) is 0 Å². The van der Waals surface area contributed by atoms with Crippen molar-refractivity contribution in [2.75, 3.05) is 18.0 Å². The molecule has 2 rings (SSSR count). The van der Waals surface area contributed by atoms with Crippen molar-refractivity contribution in [2.45, 2.75) is 0 Å². The van der Waals surface area contributed by atoms with Gasteiger partial charge in [-0.15, -0.1) is 12.4 Å². The van der Waals surface area contributed by atoms with Gasteiger partial charge < -0.3 is 5.73 Å². The van der Waals surface area contributed by atoms with Crippen LogP contribution in [0.25, 0.3) is 0 Å². The third-order valence-corrected chi connectivity index (χ3v) is 2.82. The quantitative estimate of drug-likeness (QED) is 0.650. The molecule has 0 aromatic heterocycles. The number of para-hydroxylation sites is 1. The highest BCUT2D eigenvalue weighted by Crippen LogP contribution is 2.21. The second-order valence-corrected chi connectivity index (χ2v) is 3.87. The Balaban J connectivity index is 0.00000162. The van der Waals surface area contributed by atoms with E-state index in [1.165, 1.54) is 9.80 Å². The molecule has 1 aromatic rings. The summed E-state index contributed by atoms with van der Waals surface area (Å²) in [6, 6.07) is 8.84. The standard InChI is InChI=1S/C11H11N3O2S.ClH/c12-6-7-13-9(15)10(16)14(11(13)17)8-4-2-1-3-5-8;/h1-5H,6-7,12H2;1H. The minimum Gasteiger partial charge on any atom is -0.329 e. The van der Waals surface area contributed by atoms with Gasteiger partial charge in [0.1, 0.15) is 0 Å². The van der Waals surface area contributed by atoms with Gasteiger partial charge in [0.15, 0.2) is 5.11 Å². The number of nitrogens with two attached hydrogens (primary N) is 1. The van der Waals surface area contributed by atoms with Gasteiger partial charge in [-0.3, -0.25) is 14.5 Å². The third-order valence-electron chi connectivity index (χ3n) is 2.42. The highest BCUT2D eigenvalue weighted by Gasteiger charge is 2.41. The van der Waals surface area contributed by atoms with E-state index in [0.29, 0.717) is 5.69 Å². The van der Waals surface area contributed by atoms with Crippen molar-refractivity contribution in [3.05, 3.63) is 30.3 Å². The normalized spacial score (nSPS) is 15.1. The summed E-state index contributed by atoms with van der Waals surface area (Å²) in [6.45, 7) is 0.522. The lowest BCUT2D eigenvalue weighted by atomic mass is 10.3. The van der Waals surface area contributed by atoms with Crippen LogP contribution in [0.2, 0.25) is 0 Å². The Morgan fingerprint density at radius 3 is 2.28 bits per heavy atom. The van der Waals surface area contributed by atoms with Gasteiger partial charge in [0, 0.05) is 13.1 Å². The van der Waals surface area contributed by atoms with Crippen LogP contribution in [0.15, 0.2) is 30.3 Å². The Labute approximate surface area is 116 Å². The molecule has 1 aliphatic heterocycles. The molecule has 1 fully saturated rings. The summed E-state index contributed by atoms with van der Waals surface area (Å²) in [5.74, 6) is -1.25. The van der Waals surface area contributed by atoms with E-state index in [4.69, 9.17) is 18.0 Å². The molecule has 96 valence electrons. The van der Waals surface area contributed by atoms with Crippen molar-refractivity contribution in [2.24, 2.45) is 5.73 Å².